The summed E-state index contributed by atoms with van der Waals surface area (Å²) >= 11 is 1.92. The molecule has 71 valence electrons. The van der Waals surface area contributed by atoms with E-state index >= 15 is 0 Å². The van der Waals surface area contributed by atoms with Gasteiger partial charge in [-0.3, -0.25) is 0 Å². The van der Waals surface area contributed by atoms with Crippen molar-refractivity contribution in [2.45, 2.75) is 30.6 Å². The summed E-state index contributed by atoms with van der Waals surface area (Å²) in [6.45, 7) is 4.55. The zero-order chi connectivity index (χ0) is 10.2. The Bertz CT molecular complexity index is 396. The van der Waals surface area contributed by atoms with Crippen LogP contribution in [0.25, 0.3) is 0 Å². The summed E-state index contributed by atoms with van der Waals surface area (Å²) < 4.78 is 0. The van der Waals surface area contributed by atoms with E-state index in [4.69, 9.17) is 6.42 Å². The van der Waals surface area contributed by atoms with Crippen molar-refractivity contribution in [3.63, 3.8) is 0 Å². The first-order chi connectivity index (χ1) is 6.63. The molecule has 14 heavy (non-hydrogen) atoms. The van der Waals surface area contributed by atoms with Crippen molar-refractivity contribution >= 4 is 11.8 Å². The minimum atomic E-state index is 0.257. The van der Waals surface area contributed by atoms with Crippen LogP contribution in [0.2, 0.25) is 0 Å². The van der Waals surface area contributed by atoms with E-state index in [0.29, 0.717) is 0 Å². The van der Waals surface area contributed by atoms with Crippen LogP contribution in [0.4, 0.5) is 0 Å². The number of thioether (sulfide) groups is 1. The number of hydrogen-bond donors (Lipinski definition) is 0. The third kappa shape index (κ3) is 1.55. The van der Waals surface area contributed by atoms with Crippen LogP contribution in [0.15, 0.2) is 23.1 Å². The monoisotopic (exact) mass is 201 g/mol. The van der Waals surface area contributed by atoms with Gasteiger partial charge in [-0.1, -0.05) is 19.8 Å². The molecule has 0 saturated heterocycles. The molecular weight excluding hydrogens is 188 g/mol. The first kappa shape index (κ1) is 9.68. The summed E-state index contributed by atoms with van der Waals surface area (Å²) in [7, 11) is 0. The first-order valence-electron chi connectivity index (χ1n) is 4.83. The second kappa shape index (κ2) is 3.37. The Kier molecular flexibility index (Phi) is 2.33. The zero-order valence-corrected chi connectivity index (χ0v) is 9.37. The Balaban J connectivity index is 2.56. The molecule has 0 atom stereocenters. The molecule has 0 bridgehead atoms. The van der Waals surface area contributed by atoms with Crippen molar-refractivity contribution in [1.82, 2.24) is 0 Å². The largest absolute Gasteiger partial charge is 0.126 e. The van der Waals surface area contributed by atoms with Gasteiger partial charge in [0.2, 0.25) is 0 Å². The van der Waals surface area contributed by atoms with Crippen LogP contribution >= 0.6 is 11.8 Å². The molecule has 0 saturated carbocycles. The maximum atomic E-state index is 7.13. The van der Waals surface area contributed by atoms with Gasteiger partial charge >= 0.3 is 0 Å². The lowest BCUT2D eigenvalue weighted by molar-refractivity contribution is 0.494. The third-order valence-electron chi connectivity index (χ3n) is 2.84. The van der Waals surface area contributed by atoms with Gasteiger partial charge in [0.15, 0.2) is 0 Å². The molecular formula is C13H13S. The van der Waals surface area contributed by atoms with Crippen LogP contribution in [0, 0.1) is 12.3 Å². The number of fused-ring (bicyclic) bond motifs is 1. The maximum absolute atomic E-state index is 7.13. The number of benzene rings is 1. The van der Waals surface area contributed by atoms with E-state index in [-0.39, 0.29) is 5.41 Å². The van der Waals surface area contributed by atoms with Crippen LogP contribution in [0.1, 0.15) is 31.4 Å². The van der Waals surface area contributed by atoms with Crippen molar-refractivity contribution in [2.24, 2.45) is 0 Å². The highest BCUT2D eigenvalue weighted by Crippen LogP contribution is 2.41. The molecule has 0 aromatic heterocycles. The molecule has 1 heterocycles. The highest BCUT2D eigenvalue weighted by molar-refractivity contribution is 7.99. The van der Waals surface area contributed by atoms with Gasteiger partial charge in [-0.2, -0.15) is 0 Å². The standard InChI is InChI=1S/C13H13S/c1-4-10-5-6-12-11(9-10)13(2,3)7-8-14-12/h5-6,9H,7-8H2,2-3H3. The van der Waals surface area contributed by atoms with Crippen LogP contribution in [-0.2, 0) is 5.41 Å². The Morgan fingerprint density at radius 1 is 1.43 bits per heavy atom. The minimum Gasteiger partial charge on any atom is -0.126 e. The van der Waals surface area contributed by atoms with E-state index in [2.05, 4.69) is 31.9 Å². The van der Waals surface area contributed by atoms with E-state index in [1.165, 1.54) is 22.6 Å². The fourth-order valence-electron chi connectivity index (χ4n) is 1.81. The Morgan fingerprint density at radius 3 is 2.93 bits per heavy atom. The second-order valence-corrected chi connectivity index (χ2v) is 5.46. The quantitative estimate of drug-likeness (QED) is 0.580. The normalized spacial score (nSPS) is 18.4. The third-order valence-corrected chi connectivity index (χ3v) is 3.91. The highest BCUT2D eigenvalue weighted by Gasteiger charge is 2.27. The molecule has 0 N–H and O–H groups in total. The van der Waals surface area contributed by atoms with Gasteiger partial charge in [-0.05, 0) is 47.8 Å². The highest BCUT2D eigenvalue weighted by atomic mass is 32.2. The lowest BCUT2D eigenvalue weighted by Crippen LogP contribution is -2.22. The van der Waals surface area contributed by atoms with Crippen molar-refractivity contribution in [1.29, 1.82) is 0 Å². The molecule has 1 aliphatic heterocycles. The SMILES string of the molecule is [C]#Cc1ccc2c(c1)C(C)(C)CCS2. The van der Waals surface area contributed by atoms with E-state index in [0.717, 1.165) is 5.56 Å². The molecule has 0 nitrogen and oxygen atoms in total. The van der Waals surface area contributed by atoms with E-state index in [1.54, 1.807) is 0 Å². The number of hydrogen-bond acceptors (Lipinski definition) is 1. The molecule has 1 aliphatic rings. The first-order valence-corrected chi connectivity index (χ1v) is 5.82. The smallest absolute Gasteiger partial charge is 0.0259 e. The lowest BCUT2D eigenvalue weighted by Gasteiger charge is -2.32. The van der Waals surface area contributed by atoms with Gasteiger partial charge in [0.05, 0.1) is 0 Å². The van der Waals surface area contributed by atoms with Crippen molar-refractivity contribution in [3.05, 3.63) is 35.7 Å². The summed E-state index contributed by atoms with van der Waals surface area (Å²) in [5.41, 5.74) is 2.53. The summed E-state index contributed by atoms with van der Waals surface area (Å²) in [6, 6.07) is 6.20. The fraction of sp³-hybridized carbons (Fsp3) is 0.385. The summed E-state index contributed by atoms with van der Waals surface area (Å²) in [5.74, 6) is 3.66. The van der Waals surface area contributed by atoms with Crippen LogP contribution in [0.5, 0.6) is 0 Å². The predicted molar refractivity (Wildman–Crippen MR) is 61.0 cm³/mol. The number of rotatable bonds is 0. The summed E-state index contributed by atoms with van der Waals surface area (Å²) in [5, 5.41) is 0. The zero-order valence-electron chi connectivity index (χ0n) is 8.55. The van der Waals surface area contributed by atoms with Crippen LogP contribution < -0.4 is 0 Å². The molecule has 2 rings (SSSR count). The van der Waals surface area contributed by atoms with Crippen molar-refractivity contribution < 1.29 is 0 Å². The molecule has 1 radical (unpaired) electrons. The Morgan fingerprint density at radius 2 is 2.21 bits per heavy atom. The van der Waals surface area contributed by atoms with Gasteiger partial charge in [0, 0.05) is 10.5 Å². The van der Waals surface area contributed by atoms with Gasteiger partial charge < -0.3 is 0 Å². The summed E-state index contributed by atoms with van der Waals surface area (Å²) in [6.07, 6.45) is 8.35. The maximum Gasteiger partial charge on any atom is 0.0259 e. The molecule has 0 fully saturated rings. The van der Waals surface area contributed by atoms with Gasteiger partial charge in [0.25, 0.3) is 0 Å². The van der Waals surface area contributed by atoms with Gasteiger partial charge in [0.1, 0.15) is 0 Å². The topological polar surface area (TPSA) is 0 Å². The molecule has 1 heteroatoms. The molecule has 0 spiro atoms. The summed E-state index contributed by atoms with van der Waals surface area (Å²) in [4.78, 5) is 1.38. The van der Waals surface area contributed by atoms with Crippen molar-refractivity contribution in [2.75, 3.05) is 5.75 Å². The lowest BCUT2D eigenvalue weighted by atomic mass is 9.81. The Hall–Kier alpha value is -0.870. The minimum absolute atomic E-state index is 0.257. The molecule has 0 unspecified atom stereocenters. The second-order valence-electron chi connectivity index (χ2n) is 4.32. The molecule has 0 aliphatic carbocycles. The molecule has 1 aromatic carbocycles. The molecule has 0 amide bonds. The van der Waals surface area contributed by atoms with Crippen LogP contribution in [0.3, 0.4) is 0 Å². The van der Waals surface area contributed by atoms with Crippen LogP contribution in [-0.4, -0.2) is 5.75 Å². The van der Waals surface area contributed by atoms with E-state index in [9.17, 15) is 0 Å². The van der Waals surface area contributed by atoms with Gasteiger partial charge in [-0.25, -0.2) is 0 Å². The average molecular weight is 201 g/mol. The van der Waals surface area contributed by atoms with Crippen molar-refractivity contribution in [3.8, 4) is 5.92 Å². The Labute approximate surface area is 90.1 Å². The van der Waals surface area contributed by atoms with E-state index in [1.807, 2.05) is 17.8 Å². The predicted octanol–water partition coefficient (Wildman–Crippen LogP) is 3.40. The fourth-order valence-corrected chi connectivity index (χ4v) is 3.30. The molecule has 1 aromatic rings. The van der Waals surface area contributed by atoms with E-state index < -0.39 is 0 Å². The van der Waals surface area contributed by atoms with Gasteiger partial charge in [-0.15, -0.1) is 11.8 Å². The average Bonchev–Trinajstić information content (AvgIpc) is 2.17.